The van der Waals surface area contributed by atoms with Crippen LogP contribution in [0.1, 0.15) is 76.4 Å². The highest BCUT2D eigenvalue weighted by Crippen LogP contribution is 2.42. The Labute approximate surface area is 244 Å². The van der Waals surface area contributed by atoms with E-state index in [1.54, 1.807) is 6.92 Å². The fourth-order valence-corrected chi connectivity index (χ4v) is 7.98. The first kappa shape index (κ1) is 28.9. The molecule has 2 atom stereocenters. The number of hydrogen-bond acceptors (Lipinski definition) is 8. The van der Waals surface area contributed by atoms with Crippen LogP contribution in [0.2, 0.25) is 0 Å². The molecule has 42 heavy (non-hydrogen) atoms. The second-order valence-electron chi connectivity index (χ2n) is 11.7. The van der Waals surface area contributed by atoms with E-state index in [4.69, 9.17) is 0 Å². The predicted octanol–water partition coefficient (Wildman–Crippen LogP) is 5.08. The Kier molecular flexibility index (Phi) is 7.04. The molecule has 2 aliphatic rings. The molecule has 1 aromatic carbocycles. The minimum absolute atomic E-state index is 0.0396. The number of nitrogens with zero attached hydrogens (tertiary/aromatic N) is 6. The van der Waals surface area contributed by atoms with E-state index in [1.165, 1.54) is 17.0 Å². The van der Waals surface area contributed by atoms with E-state index in [1.807, 2.05) is 25.7 Å². The molecule has 1 saturated carbocycles. The summed E-state index contributed by atoms with van der Waals surface area (Å²) in [5, 5.41) is 7.89. The summed E-state index contributed by atoms with van der Waals surface area (Å²) in [5.74, 6) is -1.14. The number of carbonyl (C=O) groups excluding carboxylic acids is 1. The number of piperidine rings is 1. The lowest BCUT2D eigenvalue weighted by Gasteiger charge is -2.38. The van der Waals surface area contributed by atoms with Crippen LogP contribution < -0.4 is 4.72 Å². The van der Waals surface area contributed by atoms with Crippen LogP contribution in [0.4, 0.5) is 13.2 Å². The number of aromatic nitrogens is 5. The molecule has 2 fully saturated rings. The zero-order chi connectivity index (χ0) is 30.1. The van der Waals surface area contributed by atoms with Crippen molar-refractivity contribution < 1.29 is 26.4 Å². The van der Waals surface area contributed by atoms with Crippen LogP contribution in [-0.4, -0.2) is 62.1 Å². The number of alkyl halides is 2. The first-order valence-corrected chi connectivity index (χ1v) is 16.0. The maximum absolute atomic E-state index is 15.7. The minimum Gasteiger partial charge on any atom is -0.340 e. The van der Waals surface area contributed by atoms with Gasteiger partial charge in [-0.3, -0.25) is 9.36 Å². The number of amides is 1. The van der Waals surface area contributed by atoms with Gasteiger partial charge in [0.05, 0.1) is 11.2 Å². The van der Waals surface area contributed by atoms with Gasteiger partial charge in [0.25, 0.3) is 6.43 Å². The predicted molar refractivity (Wildman–Crippen MR) is 151 cm³/mol. The van der Waals surface area contributed by atoms with Gasteiger partial charge in [-0.15, -0.1) is 10.2 Å². The molecule has 1 unspecified atom stereocenters. The van der Waals surface area contributed by atoms with Crippen molar-refractivity contribution in [3.63, 3.8) is 0 Å². The van der Waals surface area contributed by atoms with Crippen LogP contribution in [0.5, 0.6) is 0 Å². The Balaban J connectivity index is 1.54. The standard InChI is InChI=1S/C27H30F3N7O3S2/c1-13(2)25(38)36-8-5-15(9-14(36)3)21-20-16-10-17(28)19(42(39,40)35-27(4)6-7-27)11-18(16)37(23(20)32-12-31-21)26-34-33-24(41-26)22(29)30/h10-15,22,35H,5-9H2,1-4H3/t14-,15?/m0/s1. The molecule has 10 nitrogen and oxygen atoms in total. The minimum atomic E-state index is -4.25. The number of halogens is 3. The molecule has 0 bridgehead atoms. The Hall–Kier alpha value is -3.17. The smallest absolute Gasteiger partial charge is 0.291 e. The normalized spacial score (nSPS) is 20.7. The van der Waals surface area contributed by atoms with Crippen LogP contribution >= 0.6 is 11.3 Å². The van der Waals surface area contributed by atoms with E-state index in [2.05, 4.69) is 24.9 Å². The third kappa shape index (κ3) is 4.94. The third-order valence-corrected chi connectivity index (χ3v) is 10.7. The second kappa shape index (κ2) is 10.2. The number of hydrogen-bond donors (Lipinski definition) is 1. The van der Waals surface area contributed by atoms with Crippen LogP contribution in [0.25, 0.3) is 27.1 Å². The highest BCUT2D eigenvalue weighted by molar-refractivity contribution is 7.89. The SMILES string of the molecule is CC(C)C(=O)N1CCC(c2ncnc3c2c2cc(F)c(S(=O)(=O)NC4(C)CC4)cc2n3-c2nnc(C(F)F)s2)C[C@@H]1C. The number of sulfonamides is 1. The van der Waals surface area contributed by atoms with Gasteiger partial charge in [0, 0.05) is 40.7 Å². The number of rotatable bonds is 7. The molecule has 224 valence electrons. The average molecular weight is 622 g/mol. The summed E-state index contributed by atoms with van der Waals surface area (Å²) in [6.45, 7) is 7.96. The van der Waals surface area contributed by atoms with Crippen molar-refractivity contribution in [2.24, 2.45) is 5.92 Å². The van der Waals surface area contributed by atoms with E-state index in [-0.39, 0.29) is 40.1 Å². The molecular weight excluding hydrogens is 591 g/mol. The molecule has 1 N–H and O–H groups in total. The molecule has 1 aliphatic heterocycles. The van der Waals surface area contributed by atoms with E-state index in [0.717, 1.165) is 6.07 Å². The lowest BCUT2D eigenvalue weighted by atomic mass is 9.86. The van der Waals surface area contributed by atoms with Crippen molar-refractivity contribution in [2.75, 3.05) is 6.54 Å². The molecule has 1 saturated heterocycles. The van der Waals surface area contributed by atoms with E-state index in [0.29, 0.717) is 60.0 Å². The summed E-state index contributed by atoms with van der Waals surface area (Å²) in [5.41, 5.74) is 0.479. The third-order valence-electron chi connectivity index (χ3n) is 8.15. The summed E-state index contributed by atoms with van der Waals surface area (Å²) >= 11 is 0.641. The van der Waals surface area contributed by atoms with E-state index < -0.39 is 37.7 Å². The molecule has 1 aliphatic carbocycles. The zero-order valence-corrected chi connectivity index (χ0v) is 25.1. The molecule has 1 amide bonds. The number of likely N-dealkylation sites (tertiary alicyclic amines) is 1. The molecule has 4 aromatic rings. The molecule has 0 spiro atoms. The maximum Gasteiger partial charge on any atom is 0.291 e. The maximum atomic E-state index is 15.7. The lowest BCUT2D eigenvalue weighted by molar-refractivity contribution is -0.138. The van der Waals surface area contributed by atoms with Crippen molar-refractivity contribution in [3.05, 3.63) is 35.0 Å². The Bertz CT molecular complexity index is 1820. The van der Waals surface area contributed by atoms with Gasteiger partial charge in [-0.25, -0.2) is 36.3 Å². The van der Waals surface area contributed by atoms with Gasteiger partial charge in [0.1, 0.15) is 17.0 Å². The first-order chi connectivity index (χ1) is 19.8. The summed E-state index contributed by atoms with van der Waals surface area (Å²) in [7, 11) is -4.25. The Morgan fingerprint density at radius 1 is 1.19 bits per heavy atom. The van der Waals surface area contributed by atoms with Crippen molar-refractivity contribution >= 4 is 49.2 Å². The van der Waals surface area contributed by atoms with Crippen LogP contribution in [0.3, 0.4) is 0 Å². The lowest BCUT2D eigenvalue weighted by Crippen LogP contribution is -2.45. The number of benzene rings is 1. The molecular formula is C27H30F3N7O3S2. The Morgan fingerprint density at radius 3 is 2.55 bits per heavy atom. The topological polar surface area (TPSA) is 123 Å². The van der Waals surface area contributed by atoms with Crippen molar-refractivity contribution in [1.82, 2.24) is 34.4 Å². The van der Waals surface area contributed by atoms with Crippen molar-refractivity contribution in [3.8, 4) is 5.13 Å². The fourth-order valence-electron chi connectivity index (χ4n) is 5.72. The second-order valence-corrected chi connectivity index (χ2v) is 14.4. The Morgan fingerprint density at radius 2 is 1.93 bits per heavy atom. The molecule has 15 heteroatoms. The zero-order valence-electron chi connectivity index (χ0n) is 23.4. The number of carbonyl (C=O) groups is 1. The van der Waals surface area contributed by atoms with E-state index >= 15 is 4.39 Å². The largest absolute Gasteiger partial charge is 0.340 e. The van der Waals surface area contributed by atoms with Gasteiger partial charge in [0.2, 0.25) is 21.1 Å². The summed E-state index contributed by atoms with van der Waals surface area (Å²) < 4.78 is 73.1. The molecule has 0 radical (unpaired) electrons. The van der Waals surface area contributed by atoms with Crippen LogP contribution in [-0.2, 0) is 14.8 Å². The quantitative estimate of drug-likeness (QED) is 0.305. The number of fused-ring (bicyclic) bond motifs is 3. The molecule has 3 aromatic heterocycles. The summed E-state index contributed by atoms with van der Waals surface area (Å²) in [6, 6.07) is 2.26. The first-order valence-electron chi connectivity index (χ1n) is 13.7. The molecule has 6 rings (SSSR count). The van der Waals surface area contributed by atoms with Gasteiger partial charge in [0.15, 0.2) is 10.7 Å². The average Bonchev–Trinajstić information content (AvgIpc) is 3.31. The van der Waals surface area contributed by atoms with Crippen LogP contribution in [0, 0.1) is 11.7 Å². The monoisotopic (exact) mass is 621 g/mol. The van der Waals surface area contributed by atoms with Crippen molar-refractivity contribution in [2.45, 2.75) is 82.2 Å². The summed E-state index contributed by atoms with van der Waals surface area (Å²) in [6.07, 6.45) is 0.970. The fraction of sp³-hybridized carbons (Fsp3) is 0.519. The van der Waals surface area contributed by atoms with Gasteiger partial charge in [-0.2, -0.15) is 0 Å². The number of nitrogens with one attached hydrogen (secondary N) is 1. The summed E-state index contributed by atoms with van der Waals surface area (Å²) in [4.78, 5) is 23.0. The van der Waals surface area contributed by atoms with Crippen molar-refractivity contribution in [1.29, 1.82) is 0 Å². The highest BCUT2D eigenvalue weighted by atomic mass is 32.2. The van der Waals surface area contributed by atoms with E-state index in [9.17, 15) is 22.0 Å². The van der Waals surface area contributed by atoms with Gasteiger partial charge < -0.3 is 4.90 Å². The molecule has 4 heterocycles. The van der Waals surface area contributed by atoms with Gasteiger partial charge in [-0.1, -0.05) is 25.2 Å². The van der Waals surface area contributed by atoms with Crippen LogP contribution in [0.15, 0.2) is 23.4 Å². The highest BCUT2D eigenvalue weighted by Gasteiger charge is 2.42. The van der Waals surface area contributed by atoms with Gasteiger partial charge in [-0.05, 0) is 51.7 Å². The van der Waals surface area contributed by atoms with Gasteiger partial charge >= 0.3 is 0 Å².